The number of likely N-dealkylation sites (tertiary alicyclic amines) is 1. The minimum absolute atomic E-state index is 0.0392. The summed E-state index contributed by atoms with van der Waals surface area (Å²) in [7, 11) is 0. The zero-order valence-electron chi connectivity index (χ0n) is 15.5. The van der Waals surface area contributed by atoms with Gasteiger partial charge in [0.2, 0.25) is 11.8 Å². The minimum Gasteiger partial charge on any atom is -0.356 e. The lowest BCUT2D eigenvalue weighted by molar-refractivity contribution is -0.124. The summed E-state index contributed by atoms with van der Waals surface area (Å²) in [5.74, 6) is -0.120. The first-order valence-electron chi connectivity index (χ1n) is 9.74. The quantitative estimate of drug-likeness (QED) is 0.718. The van der Waals surface area contributed by atoms with Crippen LogP contribution in [0.3, 0.4) is 0 Å². The van der Waals surface area contributed by atoms with E-state index in [1.165, 1.54) is 44.0 Å². The summed E-state index contributed by atoms with van der Waals surface area (Å²) < 4.78 is 0. The molecule has 1 aromatic rings. The minimum atomic E-state index is -0.350. The van der Waals surface area contributed by atoms with Gasteiger partial charge < -0.3 is 15.5 Å². The molecular weight excluding hydrogens is 346 g/mol. The molecule has 2 aliphatic rings. The highest BCUT2D eigenvalue weighted by atomic mass is 32.2. The molecule has 5 nitrogen and oxygen atoms in total. The van der Waals surface area contributed by atoms with Gasteiger partial charge in [0.25, 0.3) is 0 Å². The first kappa shape index (κ1) is 19.2. The Balaban J connectivity index is 1.38. The molecule has 0 aromatic heterocycles. The lowest BCUT2D eigenvalue weighted by Gasteiger charge is -2.35. The maximum Gasteiger partial charge on any atom is 0.238 e. The number of benzene rings is 1. The number of hydrogen-bond donors (Lipinski definition) is 2. The number of carbonyl (C=O) groups excluding carboxylic acids is 2. The molecule has 2 N–H and O–H groups in total. The van der Waals surface area contributed by atoms with Crippen molar-refractivity contribution in [1.29, 1.82) is 0 Å². The van der Waals surface area contributed by atoms with E-state index >= 15 is 0 Å². The Bertz CT molecular complexity index is 637. The van der Waals surface area contributed by atoms with Crippen LogP contribution in [0.2, 0.25) is 0 Å². The molecule has 142 valence electrons. The molecule has 3 rings (SSSR count). The smallest absolute Gasteiger partial charge is 0.238 e. The lowest BCUT2D eigenvalue weighted by atomic mass is 10.00. The largest absolute Gasteiger partial charge is 0.356 e. The molecule has 2 atom stereocenters. The SMILES string of the molecule is CC[C@@H]1CCCCN1CCCNC(=O)C[C@@H]1Sc2ccccc2NC1=O. The van der Waals surface area contributed by atoms with Gasteiger partial charge in [0, 0.05) is 30.4 Å². The predicted octanol–water partition coefficient (Wildman–Crippen LogP) is 3.26. The van der Waals surface area contributed by atoms with Crippen LogP contribution in [0.4, 0.5) is 5.69 Å². The van der Waals surface area contributed by atoms with Crippen LogP contribution in [0.5, 0.6) is 0 Å². The van der Waals surface area contributed by atoms with Crippen molar-refractivity contribution in [2.24, 2.45) is 0 Å². The van der Waals surface area contributed by atoms with E-state index in [4.69, 9.17) is 0 Å². The van der Waals surface area contributed by atoms with E-state index in [1.807, 2.05) is 24.3 Å². The number of rotatable bonds is 7. The topological polar surface area (TPSA) is 61.4 Å². The lowest BCUT2D eigenvalue weighted by Crippen LogP contribution is -2.41. The molecule has 6 heteroatoms. The number of thioether (sulfide) groups is 1. The Kier molecular flexibility index (Phi) is 6.97. The summed E-state index contributed by atoms with van der Waals surface area (Å²) in [5.41, 5.74) is 0.839. The number of amides is 2. The van der Waals surface area contributed by atoms with Crippen molar-refractivity contribution in [3.63, 3.8) is 0 Å². The molecule has 0 saturated carbocycles. The van der Waals surface area contributed by atoms with Gasteiger partial charge in [-0.3, -0.25) is 9.59 Å². The van der Waals surface area contributed by atoms with Gasteiger partial charge in [-0.25, -0.2) is 0 Å². The predicted molar refractivity (Wildman–Crippen MR) is 106 cm³/mol. The molecule has 0 aliphatic carbocycles. The molecule has 1 aromatic carbocycles. The number of carbonyl (C=O) groups is 2. The van der Waals surface area contributed by atoms with E-state index < -0.39 is 0 Å². The molecule has 0 radical (unpaired) electrons. The van der Waals surface area contributed by atoms with Gasteiger partial charge in [0.1, 0.15) is 0 Å². The third-order valence-corrected chi connectivity index (χ3v) is 6.52. The average molecular weight is 376 g/mol. The Hall–Kier alpha value is -1.53. The number of hydrogen-bond acceptors (Lipinski definition) is 4. The maximum absolute atomic E-state index is 12.2. The van der Waals surface area contributed by atoms with Gasteiger partial charge in [0.05, 0.1) is 10.9 Å². The monoisotopic (exact) mass is 375 g/mol. The average Bonchev–Trinajstić information content (AvgIpc) is 2.66. The zero-order valence-corrected chi connectivity index (χ0v) is 16.3. The fourth-order valence-corrected chi connectivity index (χ4v) is 4.90. The second-order valence-electron chi connectivity index (χ2n) is 7.09. The standard InChI is InChI=1S/C20H29N3O2S/c1-2-15-8-5-6-12-23(15)13-7-11-21-19(24)14-18-20(25)22-16-9-3-4-10-17(16)26-18/h3-4,9-10,15,18H,2,5-8,11-14H2,1H3,(H,21,24)(H,22,25)/t15-,18+/m1/s1. The van der Waals surface area contributed by atoms with Crippen LogP contribution in [-0.4, -0.2) is 47.6 Å². The zero-order chi connectivity index (χ0) is 18.4. The van der Waals surface area contributed by atoms with Gasteiger partial charge in [-0.15, -0.1) is 11.8 Å². The van der Waals surface area contributed by atoms with Gasteiger partial charge in [-0.2, -0.15) is 0 Å². The van der Waals surface area contributed by atoms with Crippen molar-refractivity contribution < 1.29 is 9.59 Å². The molecule has 26 heavy (non-hydrogen) atoms. The molecular formula is C20H29N3O2S. The summed E-state index contributed by atoms with van der Waals surface area (Å²) >= 11 is 1.48. The highest BCUT2D eigenvalue weighted by Gasteiger charge is 2.28. The van der Waals surface area contributed by atoms with Crippen molar-refractivity contribution in [2.45, 2.75) is 61.6 Å². The fourth-order valence-electron chi connectivity index (χ4n) is 3.79. The van der Waals surface area contributed by atoms with Crippen LogP contribution in [0, 0.1) is 0 Å². The van der Waals surface area contributed by atoms with Gasteiger partial charge in [-0.05, 0) is 44.4 Å². The summed E-state index contributed by atoms with van der Waals surface area (Å²) in [6, 6.07) is 8.43. The number of anilines is 1. The van der Waals surface area contributed by atoms with Crippen molar-refractivity contribution in [3.05, 3.63) is 24.3 Å². The molecule has 1 fully saturated rings. The Morgan fingerprint density at radius 3 is 3.04 bits per heavy atom. The van der Waals surface area contributed by atoms with Crippen LogP contribution in [0.25, 0.3) is 0 Å². The summed E-state index contributed by atoms with van der Waals surface area (Å²) in [5, 5.41) is 5.53. The first-order valence-corrected chi connectivity index (χ1v) is 10.6. The third kappa shape index (κ3) is 5.01. The highest BCUT2D eigenvalue weighted by molar-refractivity contribution is 8.01. The van der Waals surface area contributed by atoms with Crippen LogP contribution in [0.15, 0.2) is 29.2 Å². The highest BCUT2D eigenvalue weighted by Crippen LogP contribution is 2.36. The van der Waals surface area contributed by atoms with E-state index in [-0.39, 0.29) is 23.5 Å². The van der Waals surface area contributed by atoms with Gasteiger partial charge >= 0.3 is 0 Å². The van der Waals surface area contributed by atoms with Crippen molar-refractivity contribution in [3.8, 4) is 0 Å². The third-order valence-electron chi connectivity index (χ3n) is 5.24. The van der Waals surface area contributed by atoms with Crippen LogP contribution < -0.4 is 10.6 Å². The molecule has 2 heterocycles. The number of piperidine rings is 1. The van der Waals surface area contributed by atoms with E-state index in [0.29, 0.717) is 12.6 Å². The summed E-state index contributed by atoms with van der Waals surface area (Å²) in [6.45, 7) is 5.17. The van der Waals surface area contributed by atoms with E-state index in [0.717, 1.165) is 23.5 Å². The Labute approximate surface area is 160 Å². The number of nitrogens with zero attached hydrogens (tertiary/aromatic N) is 1. The van der Waals surface area contributed by atoms with E-state index in [2.05, 4.69) is 22.5 Å². The second-order valence-corrected chi connectivity index (χ2v) is 8.34. The Morgan fingerprint density at radius 1 is 1.35 bits per heavy atom. The normalized spacial score (nSPS) is 23.2. The van der Waals surface area contributed by atoms with E-state index in [9.17, 15) is 9.59 Å². The molecule has 0 bridgehead atoms. The maximum atomic E-state index is 12.2. The van der Waals surface area contributed by atoms with Crippen molar-refractivity contribution in [2.75, 3.05) is 25.0 Å². The second kappa shape index (κ2) is 9.42. The fraction of sp³-hybridized carbons (Fsp3) is 0.600. The summed E-state index contributed by atoms with van der Waals surface area (Å²) in [4.78, 5) is 28.0. The number of para-hydroxylation sites is 1. The molecule has 2 aliphatic heterocycles. The van der Waals surface area contributed by atoms with E-state index in [1.54, 1.807) is 0 Å². The van der Waals surface area contributed by atoms with Gasteiger partial charge in [0.15, 0.2) is 0 Å². The molecule has 2 amide bonds. The molecule has 1 saturated heterocycles. The number of fused-ring (bicyclic) bond motifs is 1. The van der Waals surface area contributed by atoms with Gasteiger partial charge in [-0.1, -0.05) is 25.5 Å². The molecule has 0 spiro atoms. The van der Waals surface area contributed by atoms with Crippen molar-refractivity contribution >= 4 is 29.3 Å². The van der Waals surface area contributed by atoms with Crippen molar-refractivity contribution in [1.82, 2.24) is 10.2 Å². The van der Waals surface area contributed by atoms with Crippen LogP contribution in [-0.2, 0) is 9.59 Å². The first-order chi connectivity index (χ1) is 12.7. The Morgan fingerprint density at radius 2 is 2.19 bits per heavy atom. The van der Waals surface area contributed by atoms with Crippen LogP contribution in [0.1, 0.15) is 45.4 Å². The summed E-state index contributed by atoms with van der Waals surface area (Å²) in [6.07, 6.45) is 6.34. The number of nitrogens with one attached hydrogen (secondary N) is 2. The molecule has 0 unspecified atom stereocenters. The van der Waals surface area contributed by atoms with Crippen LogP contribution >= 0.6 is 11.8 Å².